The minimum Gasteiger partial charge on any atom is -0.357 e. The van der Waals surface area contributed by atoms with Crippen LogP contribution >= 0.6 is 24.0 Å². The van der Waals surface area contributed by atoms with E-state index in [4.69, 9.17) is 0 Å². The highest BCUT2D eigenvalue weighted by Crippen LogP contribution is 2.06. The van der Waals surface area contributed by atoms with E-state index in [1.54, 1.807) is 18.0 Å². The molecule has 0 aliphatic rings. The summed E-state index contributed by atoms with van der Waals surface area (Å²) in [6.45, 7) is 6.60. The van der Waals surface area contributed by atoms with Gasteiger partial charge < -0.3 is 20.9 Å². The number of halogens is 1. The zero-order valence-corrected chi connectivity index (χ0v) is 21.4. The van der Waals surface area contributed by atoms with Crippen molar-refractivity contribution in [3.05, 3.63) is 71.3 Å². The van der Waals surface area contributed by atoms with Crippen molar-refractivity contribution in [2.24, 2.45) is 4.99 Å². The predicted octanol–water partition coefficient (Wildman–Crippen LogP) is 2.81. The summed E-state index contributed by atoms with van der Waals surface area (Å²) in [5.41, 5.74) is 2.80. The Bertz CT molecular complexity index is 874. The molecule has 0 heterocycles. The summed E-state index contributed by atoms with van der Waals surface area (Å²) < 4.78 is 0. The summed E-state index contributed by atoms with van der Waals surface area (Å²) in [5.74, 6) is 0.495. The lowest BCUT2D eigenvalue weighted by atomic mass is 10.1. The highest BCUT2D eigenvalue weighted by atomic mass is 127. The molecule has 174 valence electrons. The molecule has 2 aromatic rings. The van der Waals surface area contributed by atoms with E-state index >= 15 is 0 Å². The highest BCUT2D eigenvalue weighted by Gasteiger charge is 2.12. The van der Waals surface area contributed by atoms with Crippen LogP contribution in [0.1, 0.15) is 35.3 Å². The minimum absolute atomic E-state index is 0. The normalized spacial score (nSPS) is 10.7. The lowest BCUT2D eigenvalue weighted by molar-refractivity contribution is -0.130. The molecule has 0 spiro atoms. The average molecular weight is 551 g/mol. The first kappa shape index (κ1) is 27.4. The van der Waals surface area contributed by atoms with Gasteiger partial charge in [0.1, 0.15) is 6.54 Å². The maximum absolute atomic E-state index is 12.6. The molecule has 0 saturated carbocycles. The average Bonchev–Trinajstić information content (AvgIpc) is 2.81. The molecule has 0 unspecified atom stereocenters. The number of rotatable bonds is 10. The molecular weight excluding hydrogens is 517 g/mol. The van der Waals surface area contributed by atoms with Gasteiger partial charge in [0.2, 0.25) is 5.91 Å². The lowest BCUT2D eigenvalue weighted by Gasteiger charge is -2.20. The smallest absolute Gasteiger partial charge is 0.251 e. The van der Waals surface area contributed by atoms with Gasteiger partial charge in [-0.3, -0.25) is 9.59 Å². The zero-order chi connectivity index (χ0) is 22.5. The third kappa shape index (κ3) is 9.25. The number of carbonyl (C=O) groups is 2. The molecule has 0 atom stereocenters. The van der Waals surface area contributed by atoms with Crippen molar-refractivity contribution >= 4 is 41.8 Å². The number of carbonyl (C=O) groups excluding carboxylic acids is 2. The van der Waals surface area contributed by atoms with Crippen molar-refractivity contribution in [1.82, 2.24) is 20.9 Å². The summed E-state index contributed by atoms with van der Waals surface area (Å²) in [7, 11) is 1.62. The fourth-order valence-electron chi connectivity index (χ4n) is 3.11. The zero-order valence-electron chi connectivity index (χ0n) is 19.1. The molecule has 0 aliphatic carbocycles. The van der Waals surface area contributed by atoms with E-state index in [1.165, 1.54) is 0 Å². The molecule has 2 rings (SSSR count). The molecule has 0 saturated heterocycles. The number of amides is 2. The van der Waals surface area contributed by atoms with Gasteiger partial charge in [0.25, 0.3) is 5.91 Å². The Morgan fingerprint density at radius 3 is 2.34 bits per heavy atom. The topological polar surface area (TPSA) is 85.8 Å². The summed E-state index contributed by atoms with van der Waals surface area (Å²) >= 11 is 0. The van der Waals surface area contributed by atoms with Gasteiger partial charge in [-0.25, -0.2) is 4.99 Å². The van der Waals surface area contributed by atoms with Crippen LogP contribution in [0.3, 0.4) is 0 Å². The van der Waals surface area contributed by atoms with Gasteiger partial charge in [0.05, 0.1) is 0 Å². The maximum atomic E-state index is 12.6. The van der Waals surface area contributed by atoms with Crippen molar-refractivity contribution in [3.63, 3.8) is 0 Å². The van der Waals surface area contributed by atoms with Gasteiger partial charge in [-0.1, -0.05) is 42.5 Å². The van der Waals surface area contributed by atoms with Crippen molar-refractivity contribution < 1.29 is 9.59 Å². The van der Waals surface area contributed by atoms with Crippen molar-refractivity contribution in [2.45, 2.75) is 26.8 Å². The lowest BCUT2D eigenvalue weighted by Crippen LogP contribution is -2.40. The van der Waals surface area contributed by atoms with Gasteiger partial charge >= 0.3 is 0 Å². The van der Waals surface area contributed by atoms with Crippen LogP contribution in [0.15, 0.2) is 59.6 Å². The molecular formula is C24H34IN5O2. The quantitative estimate of drug-likeness (QED) is 0.241. The van der Waals surface area contributed by atoms with Crippen LogP contribution < -0.4 is 16.0 Å². The number of hydrogen-bond acceptors (Lipinski definition) is 3. The van der Waals surface area contributed by atoms with E-state index in [9.17, 15) is 9.59 Å². The summed E-state index contributed by atoms with van der Waals surface area (Å²) in [4.78, 5) is 30.7. The molecule has 2 aromatic carbocycles. The predicted molar refractivity (Wildman–Crippen MR) is 140 cm³/mol. The first-order valence-corrected chi connectivity index (χ1v) is 10.7. The van der Waals surface area contributed by atoms with Gasteiger partial charge in [-0.2, -0.15) is 0 Å². The van der Waals surface area contributed by atoms with E-state index in [0.717, 1.165) is 17.5 Å². The molecule has 0 fully saturated rings. The number of aliphatic imine (C=N–C) groups is 1. The van der Waals surface area contributed by atoms with Crippen molar-refractivity contribution in [3.8, 4) is 0 Å². The van der Waals surface area contributed by atoms with E-state index in [-0.39, 0.29) is 42.3 Å². The first-order chi connectivity index (χ1) is 15.1. The molecule has 0 bridgehead atoms. The Morgan fingerprint density at radius 2 is 1.69 bits per heavy atom. The van der Waals surface area contributed by atoms with Crippen molar-refractivity contribution in [1.29, 1.82) is 0 Å². The second kappa shape index (κ2) is 15.2. The second-order valence-corrected chi connectivity index (χ2v) is 7.04. The summed E-state index contributed by atoms with van der Waals surface area (Å²) in [6, 6.07) is 17.5. The van der Waals surface area contributed by atoms with E-state index < -0.39 is 0 Å². The number of benzene rings is 2. The van der Waals surface area contributed by atoms with Gasteiger partial charge in [-0.05, 0) is 43.5 Å². The molecule has 0 radical (unpaired) electrons. The maximum Gasteiger partial charge on any atom is 0.251 e. The first-order valence-electron chi connectivity index (χ1n) is 10.7. The number of nitrogens with zero attached hydrogens (tertiary/aromatic N) is 2. The second-order valence-electron chi connectivity index (χ2n) is 7.04. The molecule has 2 amide bonds. The monoisotopic (exact) mass is 551 g/mol. The van der Waals surface area contributed by atoms with Gasteiger partial charge in [0, 0.05) is 38.8 Å². The summed E-state index contributed by atoms with van der Waals surface area (Å²) in [6.07, 6.45) is 0.734. The Kier molecular flexibility index (Phi) is 13.0. The van der Waals surface area contributed by atoms with E-state index in [0.29, 0.717) is 37.7 Å². The van der Waals surface area contributed by atoms with E-state index in [1.807, 2.05) is 62.4 Å². The molecule has 7 nitrogen and oxygen atoms in total. The third-order valence-electron chi connectivity index (χ3n) is 4.79. The molecule has 8 heteroatoms. The largest absolute Gasteiger partial charge is 0.357 e. The molecule has 0 aliphatic heterocycles. The highest BCUT2D eigenvalue weighted by molar-refractivity contribution is 14.0. The Balaban J connectivity index is 0.00000512. The van der Waals surface area contributed by atoms with Crippen LogP contribution in [0, 0.1) is 0 Å². The standard InChI is InChI=1S/C24H33N5O2.HI/c1-4-26-24(27-15-14-19-12-9-13-21(16-19)23(31)25-3)28-17-22(30)29(5-2)18-20-10-7-6-8-11-20;/h6-13,16H,4-5,14-15,17-18H2,1-3H3,(H,25,31)(H2,26,27,28);1H. The molecule has 32 heavy (non-hydrogen) atoms. The summed E-state index contributed by atoms with van der Waals surface area (Å²) in [5, 5.41) is 9.07. The van der Waals surface area contributed by atoms with Crippen LogP contribution in [0.5, 0.6) is 0 Å². The fourth-order valence-corrected chi connectivity index (χ4v) is 3.11. The number of nitrogens with one attached hydrogen (secondary N) is 3. The van der Waals surface area contributed by atoms with Crippen LogP contribution in [0.25, 0.3) is 0 Å². The molecule has 3 N–H and O–H groups in total. The number of hydrogen-bond donors (Lipinski definition) is 3. The van der Waals surface area contributed by atoms with Crippen molar-refractivity contribution in [2.75, 3.05) is 33.2 Å². The van der Waals surface area contributed by atoms with Crippen LogP contribution in [-0.2, 0) is 17.8 Å². The van der Waals surface area contributed by atoms with Gasteiger partial charge in [0.15, 0.2) is 5.96 Å². The Labute approximate surface area is 208 Å². The number of likely N-dealkylation sites (N-methyl/N-ethyl adjacent to an activating group) is 1. The SMILES string of the molecule is CCNC(=NCC(=O)N(CC)Cc1ccccc1)NCCc1cccc(C(=O)NC)c1.I. The minimum atomic E-state index is -0.0980. The Hall–Kier alpha value is -2.62. The van der Waals surface area contributed by atoms with Crippen LogP contribution in [-0.4, -0.2) is 55.9 Å². The van der Waals surface area contributed by atoms with E-state index in [2.05, 4.69) is 20.9 Å². The molecule has 0 aromatic heterocycles. The Morgan fingerprint density at radius 1 is 0.969 bits per heavy atom. The fraction of sp³-hybridized carbons (Fsp3) is 0.375. The van der Waals surface area contributed by atoms with Gasteiger partial charge in [-0.15, -0.1) is 24.0 Å². The third-order valence-corrected chi connectivity index (χ3v) is 4.79. The number of guanidine groups is 1. The van der Waals surface area contributed by atoms with Crippen LogP contribution in [0.2, 0.25) is 0 Å². The van der Waals surface area contributed by atoms with Crippen LogP contribution in [0.4, 0.5) is 0 Å².